The number of amides is 1. The van der Waals surface area contributed by atoms with Gasteiger partial charge in [0.2, 0.25) is 0 Å². The molecule has 1 saturated heterocycles. The quantitative estimate of drug-likeness (QED) is 0.661. The minimum atomic E-state index is -0.180. The van der Waals surface area contributed by atoms with Crippen molar-refractivity contribution in [1.29, 1.82) is 0 Å². The molecule has 17 heavy (non-hydrogen) atoms. The van der Waals surface area contributed by atoms with E-state index in [1.807, 2.05) is 0 Å². The predicted molar refractivity (Wildman–Crippen MR) is 60.6 cm³/mol. The van der Waals surface area contributed by atoms with Crippen molar-refractivity contribution in [1.82, 2.24) is 25.6 Å². The summed E-state index contributed by atoms with van der Waals surface area (Å²) in [6.07, 6.45) is 2.35. The van der Waals surface area contributed by atoms with E-state index in [0.29, 0.717) is 12.2 Å². The molecule has 7 heteroatoms. The Kier molecular flexibility index (Phi) is 4.45. The summed E-state index contributed by atoms with van der Waals surface area (Å²) in [5, 5.41) is 12.5. The Morgan fingerprint density at radius 1 is 1.53 bits per heavy atom. The van der Waals surface area contributed by atoms with Crippen molar-refractivity contribution in [2.75, 3.05) is 39.4 Å². The molecule has 0 aliphatic carbocycles. The number of aromatic nitrogens is 3. The number of rotatable bonds is 5. The van der Waals surface area contributed by atoms with Crippen molar-refractivity contribution in [3.63, 3.8) is 0 Å². The number of nitrogens with one attached hydrogen (secondary N) is 2. The molecule has 1 aromatic rings. The molecular formula is C10H17N5O2. The number of H-pyrrole nitrogens is 1. The molecule has 1 aliphatic heterocycles. The number of carbonyl (C=O) groups is 1. The summed E-state index contributed by atoms with van der Waals surface area (Å²) in [6.45, 7) is 5.23. The van der Waals surface area contributed by atoms with Crippen LogP contribution in [0.25, 0.3) is 0 Å². The van der Waals surface area contributed by atoms with Crippen LogP contribution >= 0.6 is 0 Å². The molecule has 7 nitrogen and oxygen atoms in total. The Hall–Kier alpha value is -1.47. The van der Waals surface area contributed by atoms with Gasteiger partial charge < -0.3 is 10.1 Å². The summed E-state index contributed by atoms with van der Waals surface area (Å²) in [7, 11) is 0. The van der Waals surface area contributed by atoms with Crippen molar-refractivity contribution in [3.8, 4) is 0 Å². The van der Waals surface area contributed by atoms with E-state index < -0.39 is 0 Å². The average Bonchev–Trinajstić information content (AvgIpc) is 2.89. The number of nitrogens with zero attached hydrogens (tertiary/aromatic N) is 3. The van der Waals surface area contributed by atoms with Crippen LogP contribution in [0.15, 0.2) is 6.20 Å². The van der Waals surface area contributed by atoms with E-state index in [4.69, 9.17) is 4.74 Å². The van der Waals surface area contributed by atoms with Gasteiger partial charge in [0.15, 0.2) is 5.69 Å². The highest BCUT2D eigenvalue weighted by molar-refractivity contribution is 5.91. The largest absolute Gasteiger partial charge is 0.379 e. The maximum absolute atomic E-state index is 11.5. The fraction of sp³-hybridized carbons (Fsp3) is 0.700. The standard InChI is InChI=1S/C10H17N5O2/c16-10(9-8-12-14-13-9)11-2-1-3-15-4-6-17-7-5-15/h8H,1-7H2,(H,11,16)(H,12,13,14). The van der Waals surface area contributed by atoms with E-state index in [-0.39, 0.29) is 5.91 Å². The molecule has 1 fully saturated rings. The van der Waals surface area contributed by atoms with E-state index in [1.165, 1.54) is 6.20 Å². The SMILES string of the molecule is O=C(NCCCN1CCOCC1)c1cn[nH]n1. The van der Waals surface area contributed by atoms with Crippen LogP contribution < -0.4 is 5.32 Å². The summed E-state index contributed by atoms with van der Waals surface area (Å²) in [5.74, 6) is -0.180. The third kappa shape index (κ3) is 3.79. The topological polar surface area (TPSA) is 83.1 Å². The molecule has 0 atom stereocenters. The lowest BCUT2D eigenvalue weighted by molar-refractivity contribution is 0.0374. The lowest BCUT2D eigenvalue weighted by atomic mass is 10.3. The van der Waals surface area contributed by atoms with Crippen molar-refractivity contribution in [3.05, 3.63) is 11.9 Å². The molecule has 0 unspecified atom stereocenters. The van der Waals surface area contributed by atoms with Gasteiger partial charge in [-0.05, 0) is 13.0 Å². The Bertz CT molecular complexity index is 334. The van der Waals surface area contributed by atoms with Gasteiger partial charge >= 0.3 is 0 Å². The zero-order valence-electron chi connectivity index (χ0n) is 9.69. The first-order chi connectivity index (χ1) is 8.36. The highest BCUT2D eigenvalue weighted by Crippen LogP contribution is 1.97. The summed E-state index contributed by atoms with van der Waals surface area (Å²) in [5.41, 5.74) is 0.330. The van der Waals surface area contributed by atoms with Gasteiger partial charge in [-0.3, -0.25) is 9.69 Å². The van der Waals surface area contributed by atoms with Gasteiger partial charge in [-0.2, -0.15) is 15.4 Å². The maximum atomic E-state index is 11.5. The predicted octanol–water partition coefficient (Wildman–Crippen LogP) is -0.743. The van der Waals surface area contributed by atoms with E-state index in [1.54, 1.807) is 0 Å². The molecule has 0 radical (unpaired) electrons. The molecule has 1 aliphatic rings. The van der Waals surface area contributed by atoms with Crippen molar-refractivity contribution < 1.29 is 9.53 Å². The Balaban J connectivity index is 1.58. The first-order valence-corrected chi connectivity index (χ1v) is 5.80. The highest BCUT2D eigenvalue weighted by atomic mass is 16.5. The van der Waals surface area contributed by atoms with Crippen LogP contribution in [0.4, 0.5) is 0 Å². The number of hydrogen-bond acceptors (Lipinski definition) is 5. The fourth-order valence-corrected chi connectivity index (χ4v) is 1.73. The summed E-state index contributed by atoms with van der Waals surface area (Å²) >= 11 is 0. The van der Waals surface area contributed by atoms with Crippen LogP contribution in [0.1, 0.15) is 16.9 Å². The zero-order valence-corrected chi connectivity index (χ0v) is 9.69. The van der Waals surface area contributed by atoms with E-state index in [0.717, 1.165) is 39.3 Å². The molecular weight excluding hydrogens is 222 g/mol. The van der Waals surface area contributed by atoms with E-state index in [9.17, 15) is 4.79 Å². The summed E-state index contributed by atoms with van der Waals surface area (Å²) in [6, 6.07) is 0. The average molecular weight is 239 g/mol. The molecule has 2 rings (SSSR count). The number of aromatic amines is 1. The third-order valence-electron chi connectivity index (χ3n) is 2.69. The van der Waals surface area contributed by atoms with Crippen LogP contribution in [0.3, 0.4) is 0 Å². The Morgan fingerprint density at radius 2 is 2.35 bits per heavy atom. The number of morpholine rings is 1. The summed E-state index contributed by atoms with van der Waals surface area (Å²) < 4.78 is 5.26. The van der Waals surface area contributed by atoms with Crippen molar-refractivity contribution in [2.45, 2.75) is 6.42 Å². The molecule has 2 heterocycles. The second-order valence-electron chi connectivity index (χ2n) is 3.92. The Morgan fingerprint density at radius 3 is 3.06 bits per heavy atom. The van der Waals surface area contributed by atoms with E-state index >= 15 is 0 Å². The molecule has 1 amide bonds. The molecule has 0 spiro atoms. The van der Waals surface area contributed by atoms with Gasteiger partial charge in [-0.1, -0.05) is 0 Å². The highest BCUT2D eigenvalue weighted by Gasteiger charge is 2.10. The minimum Gasteiger partial charge on any atom is -0.379 e. The van der Waals surface area contributed by atoms with Crippen molar-refractivity contribution >= 4 is 5.91 Å². The van der Waals surface area contributed by atoms with Crippen LogP contribution in [0.2, 0.25) is 0 Å². The molecule has 1 aromatic heterocycles. The van der Waals surface area contributed by atoms with Gasteiger partial charge in [-0.25, -0.2) is 0 Å². The minimum absolute atomic E-state index is 0.180. The van der Waals surface area contributed by atoms with Crippen LogP contribution in [0, 0.1) is 0 Å². The third-order valence-corrected chi connectivity index (χ3v) is 2.69. The molecule has 0 bridgehead atoms. The summed E-state index contributed by atoms with van der Waals surface area (Å²) in [4.78, 5) is 13.8. The number of carbonyl (C=O) groups excluding carboxylic acids is 1. The maximum Gasteiger partial charge on any atom is 0.273 e. The van der Waals surface area contributed by atoms with Gasteiger partial charge in [0.05, 0.1) is 19.4 Å². The molecule has 0 saturated carbocycles. The normalized spacial score (nSPS) is 16.9. The van der Waals surface area contributed by atoms with Gasteiger partial charge in [0.1, 0.15) is 0 Å². The van der Waals surface area contributed by atoms with Crippen LogP contribution in [-0.2, 0) is 4.74 Å². The van der Waals surface area contributed by atoms with Crippen molar-refractivity contribution in [2.24, 2.45) is 0 Å². The zero-order chi connectivity index (χ0) is 11.9. The first kappa shape index (κ1) is 12.0. The smallest absolute Gasteiger partial charge is 0.273 e. The van der Waals surface area contributed by atoms with E-state index in [2.05, 4.69) is 25.6 Å². The van der Waals surface area contributed by atoms with Gasteiger partial charge in [0, 0.05) is 19.6 Å². The lowest BCUT2D eigenvalue weighted by Crippen LogP contribution is -2.38. The molecule has 94 valence electrons. The second kappa shape index (κ2) is 6.31. The first-order valence-electron chi connectivity index (χ1n) is 5.80. The number of hydrogen-bond donors (Lipinski definition) is 2. The van der Waals surface area contributed by atoms with Crippen LogP contribution in [-0.4, -0.2) is 65.6 Å². The molecule has 0 aromatic carbocycles. The number of ether oxygens (including phenoxy) is 1. The second-order valence-corrected chi connectivity index (χ2v) is 3.92. The van der Waals surface area contributed by atoms with Gasteiger partial charge in [0.25, 0.3) is 5.91 Å². The fourth-order valence-electron chi connectivity index (χ4n) is 1.73. The monoisotopic (exact) mass is 239 g/mol. The Labute approximate surface area is 99.5 Å². The van der Waals surface area contributed by atoms with Crippen LogP contribution in [0.5, 0.6) is 0 Å². The molecule has 2 N–H and O–H groups in total. The van der Waals surface area contributed by atoms with Gasteiger partial charge in [-0.15, -0.1) is 0 Å². The lowest BCUT2D eigenvalue weighted by Gasteiger charge is -2.26.